The van der Waals surface area contributed by atoms with Crippen LogP contribution in [0, 0.1) is 16.0 Å². The van der Waals surface area contributed by atoms with E-state index in [-0.39, 0.29) is 22.9 Å². The molecule has 1 spiro atoms. The third-order valence-electron chi connectivity index (χ3n) is 8.93. The van der Waals surface area contributed by atoms with E-state index in [4.69, 9.17) is 11.6 Å². The first-order valence-corrected chi connectivity index (χ1v) is 14.2. The minimum atomic E-state index is -1.46. The standard InChI is InChI=1S/C34H24ClN3O5/c1-19-18-28-34(25-7-3-4-8-26(25)36-33(34)41)29(31(39)20-10-14-22(35)15-11-20)30(37(28)27-9-5-2-6-24(19)27)32(40)21-12-16-23(17-13-21)38(42)43/h2-18,28-30H,1H3,(H,36,41)/t28-,29+,30-,34+/m0/s1. The molecule has 3 aliphatic rings. The number of hydrogen-bond donors (Lipinski definition) is 1. The van der Waals surface area contributed by atoms with Gasteiger partial charge in [0.15, 0.2) is 11.6 Å². The highest BCUT2D eigenvalue weighted by Gasteiger charge is 2.70. The molecule has 43 heavy (non-hydrogen) atoms. The summed E-state index contributed by atoms with van der Waals surface area (Å²) in [4.78, 5) is 56.6. The molecule has 8 nitrogen and oxygen atoms in total. The van der Waals surface area contributed by atoms with Gasteiger partial charge in [0.2, 0.25) is 5.91 Å². The van der Waals surface area contributed by atoms with Crippen LogP contribution in [-0.4, -0.2) is 34.5 Å². The van der Waals surface area contributed by atoms with Gasteiger partial charge in [0.25, 0.3) is 5.69 Å². The Hall–Kier alpha value is -5.08. The van der Waals surface area contributed by atoms with Gasteiger partial charge in [-0.05, 0) is 66.6 Å². The average molecular weight is 590 g/mol. The maximum Gasteiger partial charge on any atom is 0.269 e. The van der Waals surface area contributed by atoms with Gasteiger partial charge in [-0.2, -0.15) is 0 Å². The normalized spacial score (nSPS) is 23.2. The van der Waals surface area contributed by atoms with Crippen molar-refractivity contribution in [1.29, 1.82) is 0 Å². The number of nitro groups is 1. The maximum atomic E-state index is 14.8. The molecule has 1 saturated heterocycles. The number of ketones is 2. The molecular weight excluding hydrogens is 566 g/mol. The second kappa shape index (κ2) is 9.74. The van der Waals surface area contributed by atoms with Crippen LogP contribution in [0.25, 0.3) is 5.57 Å². The smallest absolute Gasteiger partial charge is 0.269 e. The first-order valence-electron chi connectivity index (χ1n) is 13.8. The zero-order valence-electron chi connectivity index (χ0n) is 22.9. The molecular formula is C34H24ClN3O5. The minimum Gasteiger partial charge on any atom is -0.352 e. The van der Waals surface area contributed by atoms with E-state index in [1.165, 1.54) is 24.3 Å². The predicted molar refractivity (Wildman–Crippen MR) is 164 cm³/mol. The number of para-hydroxylation sites is 2. The van der Waals surface area contributed by atoms with Gasteiger partial charge in [-0.3, -0.25) is 24.5 Å². The lowest BCUT2D eigenvalue weighted by atomic mass is 9.64. The number of anilines is 2. The van der Waals surface area contributed by atoms with E-state index < -0.39 is 34.1 Å². The molecule has 0 aliphatic carbocycles. The minimum absolute atomic E-state index is 0.155. The molecule has 0 aromatic heterocycles. The van der Waals surface area contributed by atoms with Crippen LogP contribution < -0.4 is 10.2 Å². The summed E-state index contributed by atoms with van der Waals surface area (Å²) in [7, 11) is 0. The lowest BCUT2D eigenvalue weighted by Crippen LogP contribution is -2.51. The molecule has 4 atom stereocenters. The number of fused-ring (bicyclic) bond motifs is 6. The van der Waals surface area contributed by atoms with E-state index in [0.29, 0.717) is 21.8 Å². The highest BCUT2D eigenvalue weighted by atomic mass is 35.5. The first-order chi connectivity index (χ1) is 20.7. The van der Waals surface area contributed by atoms with Gasteiger partial charge in [0.1, 0.15) is 11.5 Å². The van der Waals surface area contributed by atoms with E-state index in [1.807, 2.05) is 60.4 Å². The fraction of sp³-hybridized carbons (Fsp3) is 0.147. The molecule has 3 heterocycles. The number of rotatable bonds is 5. The van der Waals surface area contributed by atoms with E-state index in [9.17, 15) is 24.5 Å². The molecule has 1 fully saturated rings. The topological polar surface area (TPSA) is 110 Å². The lowest BCUT2D eigenvalue weighted by molar-refractivity contribution is -0.384. The Morgan fingerprint density at radius 2 is 1.51 bits per heavy atom. The Morgan fingerprint density at radius 3 is 2.23 bits per heavy atom. The Labute approximate surface area is 251 Å². The van der Waals surface area contributed by atoms with Gasteiger partial charge in [-0.25, -0.2) is 0 Å². The third kappa shape index (κ3) is 3.79. The number of amides is 1. The van der Waals surface area contributed by atoms with Crippen LogP contribution in [0.5, 0.6) is 0 Å². The number of nitrogens with one attached hydrogen (secondary N) is 1. The van der Waals surface area contributed by atoms with Crippen LogP contribution in [0.3, 0.4) is 0 Å². The number of nitro benzene ring substituents is 1. The van der Waals surface area contributed by atoms with Crippen molar-refractivity contribution >= 4 is 51.7 Å². The summed E-state index contributed by atoms with van der Waals surface area (Å²) >= 11 is 6.16. The highest BCUT2D eigenvalue weighted by Crippen LogP contribution is 2.58. The number of hydrogen-bond acceptors (Lipinski definition) is 6. The zero-order chi connectivity index (χ0) is 30.0. The highest BCUT2D eigenvalue weighted by molar-refractivity contribution is 6.30. The quantitative estimate of drug-likeness (QED) is 0.162. The Kier molecular flexibility index (Phi) is 6.07. The predicted octanol–water partition coefficient (Wildman–Crippen LogP) is 6.49. The van der Waals surface area contributed by atoms with Crippen molar-refractivity contribution in [1.82, 2.24) is 0 Å². The van der Waals surface area contributed by atoms with Crippen LogP contribution >= 0.6 is 11.6 Å². The number of non-ortho nitro benzene ring substituents is 1. The Morgan fingerprint density at radius 1 is 0.884 bits per heavy atom. The van der Waals surface area contributed by atoms with Crippen LogP contribution in [0.15, 0.2) is 103 Å². The average Bonchev–Trinajstić information content (AvgIpc) is 3.49. The van der Waals surface area contributed by atoms with E-state index in [2.05, 4.69) is 5.32 Å². The summed E-state index contributed by atoms with van der Waals surface area (Å²) in [5.41, 5.74) is 2.70. The van der Waals surface area contributed by atoms with Crippen LogP contribution in [0.2, 0.25) is 5.02 Å². The van der Waals surface area contributed by atoms with Crippen molar-refractivity contribution in [3.63, 3.8) is 0 Å². The molecule has 0 saturated carbocycles. The van der Waals surface area contributed by atoms with Gasteiger partial charge < -0.3 is 10.2 Å². The van der Waals surface area contributed by atoms with Gasteiger partial charge in [-0.1, -0.05) is 54.1 Å². The van der Waals surface area contributed by atoms with Crippen LogP contribution in [-0.2, 0) is 10.2 Å². The van der Waals surface area contributed by atoms with E-state index in [0.717, 1.165) is 16.8 Å². The third-order valence-corrected chi connectivity index (χ3v) is 9.18. The molecule has 3 aliphatic heterocycles. The van der Waals surface area contributed by atoms with Crippen LogP contribution in [0.4, 0.5) is 17.1 Å². The lowest BCUT2D eigenvalue weighted by Gasteiger charge is -2.39. The molecule has 0 bridgehead atoms. The summed E-state index contributed by atoms with van der Waals surface area (Å²) in [6.07, 6.45) is 1.98. The number of halogens is 1. The number of Topliss-reactive ketones (excluding diaryl/α,β-unsaturated/α-hetero) is 2. The van der Waals surface area contributed by atoms with Crippen LogP contribution in [0.1, 0.15) is 38.8 Å². The summed E-state index contributed by atoms with van der Waals surface area (Å²) < 4.78 is 0. The molecule has 4 aromatic carbocycles. The van der Waals surface area contributed by atoms with Crippen molar-refractivity contribution in [2.24, 2.45) is 5.92 Å². The monoisotopic (exact) mass is 589 g/mol. The van der Waals surface area contributed by atoms with Gasteiger partial charge >= 0.3 is 0 Å². The number of benzene rings is 4. The van der Waals surface area contributed by atoms with Gasteiger partial charge in [0, 0.05) is 45.2 Å². The van der Waals surface area contributed by atoms with Crippen molar-refractivity contribution in [2.75, 3.05) is 10.2 Å². The summed E-state index contributed by atoms with van der Waals surface area (Å²) in [5, 5.41) is 14.8. The fourth-order valence-corrected chi connectivity index (χ4v) is 7.23. The summed E-state index contributed by atoms with van der Waals surface area (Å²) in [5.74, 6) is -2.30. The summed E-state index contributed by atoms with van der Waals surface area (Å²) in [6.45, 7) is 1.96. The van der Waals surface area contributed by atoms with Gasteiger partial charge in [-0.15, -0.1) is 0 Å². The van der Waals surface area contributed by atoms with Crippen molar-refractivity contribution in [3.05, 3.63) is 141 Å². The molecule has 212 valence electrons. The molecule has 7 rings (SSSR count). The summed E-state index contributed by atoms with van der Waals surface area (Å²) in [6, 6.07) is 24.9. The van der Waals surface area contributed by atoms with Crippen molar-refractivity contribution in [3.8, 4) is 0 Å². The first kappa shape index (κ1) is 26.8. The largest absolute Gasteiger partial charge is 0.352 e. The van der Waals surface area contributed by atoms with E-state index in [1.54, 1.807) is 30.3 Å². The number of nitrogens with zero attached hydrogens (tertiary/aromatic N) is 2. The van der Waals surface area contributed by atoms with E-state index >= 15 is 0 Å². The Balaban J connectivity index is 1.53. The maximum absolute atomic E-state index is 14.8. The number of carbonyl (C=O) groups excluding carboxylic acids is 3. The molecule has 0 radical (unpaired) electrons. The van der Waals surface area contributed by atoms with Gasteiger partial charge in [0.05, 0.1) is 16.9 Å². The molecule has 1 amide bonds. The molecule has 9 heteroatoms. The van der Waals surface area contributed by atoms with Crippen molar-refractivity contribution < 1.29 is 19.3 Å². The second-order valence-electron chi connectivity index (χ2n) is 11.0. The molecule has 0 unspecified atom stereocenters. The Bertz CT molecular complexity index is 1880. The molecule has 4 aromatic rings. The van der Waals surface area contributed by atoms with Crippen molar-refractivity contribution in [2.45, 2.75) is 24.4 Å². The zero-order valence-corrected chi connectivity index (χ0v) is 23.6. The SMILES string of the molecule is CC1=C[C@@H]2N(c3ccccc31)[C@H](C(=O)c1ccc([N+](=O)[O-])cc1)[C@H](C(=O)c1ccc(Cl)cc1)[C@]21C(=O)Nc2ccccc21. The fourth-order valence-electron chi connectivity index (χ4n) is 7.10. The molecule has 1 N–H and O–H groups in total. The number of allylic oxidation sites excluding steroid dienone is 1. The number of carbonyl (C=O) groups is 3. The second-order valence-corrected chi connectivity index (χ2v) is 11.5.